The van der Waals surface area contributed by atoms with Crippen molar-refractivity contribution in [2.75, 3.05) is 13.2 Å². The van der Waals surface area contributed by atoms with Gasteiger partial charge in [0.05, 0.1) is 18.2 Å². The van der Waals surface area contributed by atoms with Crippen LogP contribution in [0.15, 0.2) is 29.2 Å². The van der Waals surface area contributed by atoms with Crippen LogP contribution in [0.2, 0.25) is 0 Å². The molecular weight excluding hydrogens is 234 g/mol. The molecule has 1 aromatic rings. The van der Waals surface area contributed by atoms with E-state index in [1.807, 2.05) is 18.2 Å². The van der Waals surface area contributed by atoms with E-state index in [4.69, 9.17) is 0 Å². The maximum Gasteiger partial charge on any atom is 0.255 e. The number of thiol groups is 1. The molecule has 0 bridgehead atoms. The lowest BCUT2D eigenvalue weighted by molar-refractivity contribution is 0.0500. The standard InChI is InChI=1S/C13H17NO2S/c15-9-10-5-3-4-8-14(10)13(16)11-6-1-2-7-12(11)17/h1-2,6-7,10,15,17H,3-5,8-9H2. The summed E-state index contributed by atoms with van der Waals surface area (Å²) in [7, 11) is 0. The summed E-state index contributed by atoms with van der Waals surface area (Å²) in [4.78, 5) is 14.8. The van der Waals surface area contributed by atoms with Gasteiger partial charge in [0.25, 0.3) is 5.91 Å². The van der Waals surface area contributed by atoms with Gasteiger partial charge in [-0.1, -0.05) is 12.1 Å². The Kier molecular flexibility index (Phi) is 4.07. The fourth-order valence-electron chi connectivity index (χ4n) is 2.27. The van der Waals surface area contributed by atoms with Gasteiger partial charge in [0.1, 0.15) is 0 Å². The Labute approximate surface area is 107 Å². The highest BCUT2D eigenvalue weighted by molar-refractivity contribution is 7.80. The summed E-state index contributed by atoms with van der Waals surface area (Å²) in [6, 6.07) is 7.26. The van der Waals surface area contributed by atoms with Crippen molar-refractivity contribution >= 4 is 18.5 Å². The molecule has 17 heavy (non-hydrogen) atoms. The largest absolute Gasteiger partial charge is 0.394 e. The highest BCUT2D eigenvalue weighted by Gasteiger charge is 2.27. The van der Waals surface area contributed by atoms with Crippen molar-refractivity contribution < 1.29 is 9.90 Å². The first-order valence-corrected chi connectivity index (χ1v) is 6.38. The number of aliphatic hydroxyl groups is 1. The number of amides is 1. The molecule has 1 aromatic carbocycles. The Balaban J connectivity index is 2.21. The molecule has 1 amide bonds. The van der Waals surface area contributed by atoms with Crippen LogP contribution in [0.3, 0.4) is 0 Å². The molecule has 1 aliphatic rings. The van der Waals surface area contributed by atoms with E-state index < -0.39 is 0 Å². The second kappa shape index (κ2) is 5.56. The third kappa shape index (κ3) is 2.64. The van der Waals surface area contributed by atoms with Gasteiger partial charge in [-0.25, -0.2) is 0 Å². The zero-order valence-corrected chi connectivity index (χ0v) is 10.6. The summed E-state index contributed by atoms with van der Waals surface area (Å²) in [5, 5.41) is 9.31. The molecule has 0 aromatic heterocycles. The number of hydrogen-bond acceptors (Lipinski definition) is 3. The lowest BCUT2D eigenvalue weighted by atomic mass is 10.0. The van der Waals surface area contributed by atoms with Crippen molar-refractivity contribution in [2.45, 2.75) is 30.2 Å². The van der Waals surface area contributed by atoms with Gasteiger partial charge < -0.3 is 10.0 Å². The third-order valence-corrected chi connectivity index (χ3v) is 3.62. The minimum absolute atomic E-state index is 0.0191. The van der Waals surface area contributed by atoms with Gasteiger partial charge in [-0.3, -0.25) is 4.79 Å². The van der Waals surface area contributed by atoms with Crippen LogP contribution in [-0.4, -0.2) is 35.1 Å². The zero-order valence-electron chi connectivity index (χ0n) is 9.67. The smallest absolute Gasteiger partial charge is 0.255 e. The van der Waals surface area contributed by atoms with E-state index in [1.54, 1.807) is 11.0 Å². The quantitative estimate of drug-likeness (QED) is 0.789. The summed E-state index contributed by atoms with van der Waals surface area (Å²) in [6.07, 6.45) is 2.98. The number of carbonyl (C=O) groups excluding carboxylic acids is 1. The Morgan fingerprint density at radius 2 is 2.18 bits per heavy atom. The van der Waals surface area contributed by atoms with Gasteiger partial charge in [-0.2, -0.15) is 0 Å². The number of benzene rings is 1. The molecule has 0 radical (unpaired) electrons. The van der Waals surface area contributed by atoms with E-state index in [0.717, 1.165) is 25.8 Å². The lowest BCUT2D eigenvalue weighted by Crippen LogP contribution is -2.45. The summed E-state index contributed by atoms with van der Waals surface area (Å²) in [6.45, 7) is 0.770. The average Bonchev–Trinajstić information content (AvgIpc) is 2.38. The van der Waals surface area contributed by atoms with Crippen molar-refractivity contribution in [1.82, 2.24) is 4.90 Å². The van der Waals surface area contributed by atoms with Crippen LogP contribution < -0.4 is 0 Å². The van der Waals surface area contributed by atoms with E-state index >= 15 is 0 Å². The van der Waals surface area contributed by atoms with E-state index in [2.05, 4.69) is 12.6 Å². The van der Waals surface area contributed by atoms with Crippen molar-refractivity contribution in [3.05, 3.63) is 29.8 Å². The molecule has 92 valence electrons. The monoisotopic (exact) mass is 251 g/mol. The Hall–Kier alpha value is -1.00. The average molecular weight is 251 g/mol. The van der Waals surface area contributed by atoms with E-state index in [9.17, 15) is 9.90 Å². The number of aliphatic hydroxyl groups excluding tert-OH is 1. The van der Waals surface area contributed by atoms with Crippen LogP contribution in [0.1, 0.15) is 29.6 Å². The van der Waals surface area contributed by atoms with Crippen molar-refractivity contribution in [3.63, 3.8) is 0 Å². The lowest BCUT2D eigenvalue weighted by Gasteiger charge is -2.34. The number of nitrogens with zero attached hydrogens (tertiary/aromatic N) is 1. The minimum Gasteiger partial charge on any atom is -0.394 e. The van der Waals surface area contributed by atoms with Crippen LogP contribution in [0.5, 0.6) is 0 Å². The van der Waals surface area contributed by atoms with Crippen LogP contribution in [0, 0.1) is 0 Å². The van der Waals surface area contributed by atoms with Crippen molar-refractivity contribution in [1.29, 1.82) is 0 Å². The molecule has 1 N–H and O–H groups in total. The SMILES string of the molecule is O=C(c1ccccc1S)N1CCCCC1CO. The molecule has 0 saturated carbocycles. The second-order valence-electron chi connectivity index (χ2n) is 4.35. The molecule has 2 rings (SSSR count). The molecule has 3 nitrogen and oxygen atoms in total. The van der Waals surface area contributed by atoms with Gasteiger partial charge >= 0.3 is 0 Å². The summed E-state index contributed by atoms with van der Waals surface area (Å²) < 4.78 is 0. The molecule has 1 fully saturated rings. The molecule has 0 aliphatic carbocycles. The van der Waals surface area contributed by atoms with Gasteiger partial charge in [0.15, 0.2) is 0 Å². The van der Waals surface area contributed by atoms with Gasteiger partial charge in [-0.05, 0) is 31.4 Å². The van der Waals surface area contributed by atoms with Gasteiger partial charge in [-0.15, -0.1) is 12.6 Å². The maximum absolute atomic E-state index is 12.4. The highest BCUT2D eigenvalue weighted by atomic mass is 32.1. The number of rotatable bonds is 2. The molecular formula is C13H17NO2S. The van der Waals surface area contributed by atoms with Gasteiger partial charge in [0, 0.05) is 11.4 Å². The van der Waals surface area contributed by atoms with E-state index in [0.29, 0.717) is 10.5 Å². The Morgan fingerprint density at radius 3 is 2.88 bits per heavy atom. The van der Waals surface area contributed by atoms with Crippen LogP contribution in [0.25, 0.3) is 0 Å². The van der Waals surface area contributed by atoms with E-state index in [1.165, 1.54) is 0 Å². The topological polar surface area (TPSA) is 40.5 Å². The second-order valence-corrected chi connectivity index (χ2v) is 4.83. The maximum atomic E-state index is 12.4. The van der Waals surface area contributed by atoms with Crippen LogP contribution >= 0.6 is 12.6 Å². The number of hydrogen-bond donors (Lipinski definition) is 2. The predicted molar refractivity (Wildman–Crippen MR) is 69.5 cm³/mol. The first kappa shape index (κ1) is 12.5. The van der Waals surface area contributed by atoms with Crippen molar-refractivity contribution in [3.8, 4) is 0 Å². The fraction of sp³-hybridized carbons (Fsp3) is 0.462. The molecule has 1 atom stereocenters. The normalized spacial score (nSPS) is 20.4. The fourth-order valence-corrected chi connectivity index (χ4v) is 2.52. The van der Waals surface area contributed by atoms with E-state index in [-0.39, 0.29) is 18.6 Å². The first-order chi connectivity index (χ1) is 8.24. The first-order valence-electron chi connectivity index (χ1n) is 5.94. The van der Waals surface area contributed by atoms with Gasteiger partial charge in [0.2, 0.25) is 0 Å². The summed E-state index contributed by atoms with van der Waals surface area (Å²) >= 11 is 4.31. The predicted octanol–water partition coefficient (Wildman–Crippen LogP) is 1.96. The molecule has 1 unspecified atom stereocenters. The summed E-state index contributed by atoms with van der Waals surface area (Å²) in [5.41, 5.74) is 0.621. The molecule has 4 heteroatoms. The molecule has 0 spiro atoms. The molecule has 1 aliphatic heterocycles. The summed E-state index contributed by atoms with van der Waals surface area (Å²) in [5.74, 6) is -0.0191. The molecule has 1 saturated heterocycles. The van der Waals surface area contributed by atoms with Crippen LogP contribution in [0.4, 0.5) is 0 Å². The highest BCUT2D eigenvalue weighted by Crippen LogP contribution is 2.22. The Bertz CT molecular complexity index is 408. The number of carbonyl (C=O) groups is 1. The third-order valence-electron chi connectivity index (χ3n) is 3.23. The Morgan fingerprint density at radius 1 is 1.41 bits per heavy atom. The molecule has 1 heterocycles. The zero-order chi connectivity index (χ0) is 12.3. The van der Waals surface area contributed by atoms with Crippen LogP contribution in [-0.2, 0) is 0 Å². The number of piperidine rings is 1. The minimum atomic E-state index is -0.0378. The van der Waals surface area contributed by atoms with Crippen molar-refractivity contribution in [2.24, 2.45) is 0 Å². The number of likely N-dealkylation sites (tertiary alicyclic amines) is 1.